The molecule has 34 heavy (non-hydrogen) atoms. The van der Waals surface area contributed by atoms with Crippen LogP contribution < -0.4 is 10.1 Å². The van der Waals surface area contributed by atoms with Crippen molar-refractivity contribution in [3.05, 3.63) is 82.9 Å². The molecule has 2 aromatic carbocycles. The third kappa shape index (κ3) is 12.4. The van der Waals surface area contributed by atoms with Gasteiger partial charge in [0, 0.05) is 23.4 Å². The fourth-order valence-corrected chi connectivity index (χ4v) is 2.66. The zero-order valence-electron chi connectivity index (χ0n) is 21.6. The van der Waals surface area contributed by atoms with E-state index in [1.807, 2.05) is 65.0 Å². The van der Waals surface area contributed by atoms with Crippen molar-refractivity contribution in [3.8, 4) is 5.75 Å². The lowest BCUT2D eigenvalue weighted by Crippen LogP contribution is -2.21. The number of nitrogens with one attached hydrogen (secondary N) is 1. The van der Waals surface area contributed by atoms with Gasteiger partial charge in [-0.1, -0.05) is 89.6 Å². The molecule has 2 N–H and O–H groups in total. The number of carbonyl (C=O) groups is 2. The lowest BCUT2D eigenvalue weighted by Gasteiger charge is -2.12. The number of ketones is 1. The smallest absolute Gasteiger partial charge is 0.262 e. The number of carbonyl (C=O) groups excluding carboxylic acids is 2. The van der Waals surface area contributed by atoms with Crippen LogP contribution >= 0.6 is 11.6 Å². The molecule has 0 aliphatic heterocycles. The van der Waals surface area contributed by atoms with Crippen LogP contribution in [0.2, 0.25) is 5.02 Å². The van der Waals surface area contributed by atoms with E-state index in [2.05, 4.69) is 18.8 Å². The summed E-state index contributed by atoms with van der Waals surface area (Å²) in [5.41, 5.74) is 2.29. The van der Waals surface area contributed by atoms with Gasteiger partial charge in [-0.3, -0.25) is 9.59 Å². The van der Waals surface area contributed by atoms with E-state index in [0.717, 1.165) is 31.2 Å². The standard InChI is InChI=1S/C23H24ClNO3.2C2H6.CH4O/c1-4-5-6-10-17(3)23(27)19-14-18(24)12-13-21(19)28-15-22(26)25-20-11-8-7-9-16(20)2;3*1-2/h6-14H,3-5,15H2,1-2H3,(H,25,26);2*1-2H3;2H,1H3/b10-6-;;;. The molecule has 0 aliphatic rings. The summed E-state index contributed by atoms with van der Waals surface area (Å²) in [5, 5.41) is 10.2. The second kappa shape index (κ2) is 20.7. The molecule has 0 aromatic heterocycles. The summed E-state index contributed by atoms with van der Waals surface area (Å²) in [7, 11) is 1.00. The largest absolute Gasteiger partial charge is 0.483 e. The Morgan fingerprint density at radius 2 is 1.71 bits per heavy atom. The second-order valence-corrected chi connectivity index (χ2v) is 6.77. The molecular weight excluding hydrogens is 450 g/mol. The van der Waals surface area contributed by atoms with Gasteiger partial charge in [-0.05, 0) is 43.2 Å². The van der Waals surface area contributed by atoms with Crippen molar-refractivity contribution in [2.45, 2.75) is 54.4 Å². The van der Waals surface area contributed by atoms with Gasteiger partial charge in [-0.15, -0.1) is 0 Å². The molecule has 0 fully saturated rings. The Morgan fingerprint density at radius 1 is 1.09 bits per heavy atom. The highest BCUT2D eigenvalue weighted by atomic mass is 35.5. The number of Topliss-reactive ketones (excluding diaryl/α,β-unsaturated/α-hetero) is 1. The Morgan fingerprint density at radius 3 is 2.29 bits per heavy atom. The molecule has 0 unspecified atom stereocenters. The van der Waals surface area contributed by atoms with Gasteiger partial charge in [0.2, 0.25) is 0 Å². The van der Waals surface area contributed by atoms with E-state index in [1.165, 1.54) is 6.07 Å². The predicted molar refractivity (Wildman–Crippen MR) is 145 cm³/mol. The fourth-order valence-electron chi connectivity index (χ4n) is 2.49. The number of halogens is 1. The molecule has 5 nitrogen and oxygen atoms in total. The number of aryl methyl sites for hydroxylation is 1. The van der Waals surface area contributed by atoms with Gasteiger partial charge >= 0.3 is 0 Å². The molecule has 0 spiro atoms. The topological polar surface area (TPSA) is 75.6 Å². The number of unbranched alkanes of at least 4 members (excludes halogenated alkanes) is 1. The van der Waals surface area contributed by atoms with Crippen LogP contribution in [0.3, 0.4) is 0 Å². The van der Waals surface area contributed by atoms with Crippen LogP contribution in [0.4, 0.5) is 5.69 Å². The lowest BCUT2D eigenvalue weighted by atomic mass is 10.0. The number of anilines is 1. The molecule has 0 saturated heterocycles. The first-order chi connectivity index (χ1) is 16.4. The molecule has 6 heteroatoms. The number of rotatable bonds is 9. The fraction of sp³-hybridized carbons (Fsp3) is 0.357. The number of hydrogen-bond acceptors (Lipinski definition) is 4. The number of hydrogen-bond donors (Lipinski definition) is 2. The summed E-state index contributed by atoms with van der Waals surface area (Å²) in [4.78, 5) is 24.9. The average molecular weight is 490 g/mol. The van der Waals surface area contributed by atoms with E-state index < -0.39 is 0 Å². The molecular formula is C28H40ClNO4. The van der Waals surface area contributed by atoms with Gasteiger partial charge in [-0.2, -0.15) is 0 Å². The normalized spacial score (nSPS) is 9.32. The minimum atomic E-state index is -0.315. The Labute approximate surface area is 210 Å². The summed E-state index contributed by atoms with van der Waals surface area (Å²) >= 11 is 6.05. The summed E-state index contributed by atoms with van der Waals surface area (Å²) < 4.78 is 5.61. The second-order valence-electron chi connectivity index (χ2n) is 6.34. The molecule has 0 saturated carbocycles. The number of aliphatic hydroxyl groups excluding tert-OH is 1. The van der Waals surface area contributed by atoms with E-state index in [4.69, 9.17) is 21.4 Å². The molecule has 0 radical (unpaired) electrons. The van der Waals surface area contributed by atoms with Crippen LogP contribution in [0, 0.1) is 6.92 Å². The maximum Gasteiger partial charge on any atom is 0.262 e. The first-order valence-corrected chi connectivity index (χ1v) is 11.9. The Kier molecular flexibility index (Phi) is 20.3. The maximum absolute atomic E-state index is 12.7. The number of para-hydroxylation sites is 1. The monoisotopic (exact) mass is 489 g/mol. The van der Waals surface area contributed by atoms with Crippen molar-refractivity contribution in [2.24, 2.45) is 0 Å². The maximum atomic E-state index is 12.7. The van der Waals surface area contributed by atoms with Crippen LogP contribution in [0.15, 0.2) is 66.8 Å². The minimum Gasteiger partial charge on any atom is -0.483 e. The van der Waals surface area contributed by atoms with E-state index in [-0.39, 0.29) is 23.9 Å². The van der Waals surface area contributed by atoms with Crippen molar-refractivity contribution in [2.75, 3.05) is 19.0 Å². The molecule has 0 aliphatic carbocycles. The number of benzene rings is 2. The highest BCUT2D eigenvalue weighted by Crippen LogP contribution is 2.26. The average Bonchev–Trinajstić information content (AvgIpc) is 2.88. The van der Waals surface area contributed by atoms with Crippen LogP contribution in [0.5, 0.6) is 5.75 Å². The summed E-state index contributed by atoms with van der Waals surface area (Å²) in [5.74, 6) is -0.312. The van der Waals surface area contributed by atoms with E-state index in [1.54, 1.807) is 18.2 Å². The van der Waals surface area contributed by atoms with Crippen molar-refractivity contribution in [1.29, 1.82) is 0 Å². The van der Waals surface area contributed by atoms with Crippen molar-refractivity contribution in [3.63, 3.8) is 0 Å². The number of amides is 1. The first kappa shape index (κ1) is 33.3. The van der Waals surface area contributed by atoms with Crippen molar-refractivity contribution >= 4 is 29.0 Å². The van der Waals surface area contributed by atoms with Crippen LogP contribution in [0.1, 0.15) is 63.4 Å². The number of allylic oxidation sites excluding steroid dienone is 3. The summed E-state index contributed by atoms with van der Waals surface area (Å²) in [6, 6.07) is 12.2. The number of ether oxygens (including phenoxy) is 1. The van der Waals surface area contributed by atoms with E-state index in [0.29, 0.717) is 16.3 Å². The van der Waals surface area contributed by atoms with Crippen molar-refractivity contribution in [1.82, 2.24) is 0 Å². The highest BCUT2D eigenvalue weighted by Gasteiger charge is 2.16. The van der Waals surface area contributed by atoms with Crippen LogP contribution in [-0.2, 0) is 4.79 Å². The van der Waals surface area contributed by atoms with Gasteiger partial charge in [0.05, 0.1) is 5.56 Å². The third-order valence-corrected chi connectivity index (χ3v) is 4.27. The molecule has 0 atom stereocenters. The SMILES string of the molecule is C=C(/C=C\CCC)C(=O)c1cc(Cl)ccc1OCC(=O)Nc1ccccc1C.CC.CC.CO. The number of aliphatic hydroxyl groups is 1. The Hall–Kier alpha value is -2.89. The van der Waals surface area contributed by atoms with Gasteiger partial charge in [0.15, 0.2) is 12.4 Å². The molecule has 2 rings (SSSR count). The molecule has 2 aromatic rings. The molecule has 0 heterocycles. The molecule has 188 valence electrons. The predicted octanol–water partition coefficient (Wildman–Crippen LogP) is 7.42. The zero-order valence-corrected chi connectivity index (χ0v) is 22.3. The molecule has 1 amide bonds. The van der Waals surface area contributed by atoms with Crippen molar-refractivity contribution < 1.29 is 19.4 Å². The van der Waals surface area contributed by atoms with E-state index >= 15 is 0 Å². The van der Waals surface area contributed by atoms with Gasteiger partial charge in [-0.25, -0.2) is 0 Å². The Bertz CT molecular complexity index is 907. The highest BCUT2D eigenvalue weighted by molar-refractivity contribution is 6.31. The molecule has 0 bridgehead atoms. The van der Waals surface area contributed by atoms with Gasteiger partial charge < -0.3 is 15.2 Å². The van der Waals surface area contributed by atoms with Gasteiger partial charge in [0.25, 0.3) is 5.91 Å². The first-order valence-electron chi connectivity index (χ1n) is 11.5. The van der Waals surface area contributed by atoms with Crippen LogP contribution in [0.25, 0.3) is 0 Å². The summed E-state index contributed by atoms with van der Waals surface area (Å²) in [6.45, 7) is 15.6. The quantitative estimate of drug-likeness (QED) is 0.218. The minimum absolute atomic E-state index is 0.228. The third-order valence-electron chi connectivity index (χ3n) is 4.03. The summed E-state index contributed by atoms with van der Waals surface area (Å²) in [6.07, 6.45) is 5.45. The van der Waals surface area contributed by atoms with E-state index in [9.17, 15) is 9.59 Å². The lowest BCUT2D eigenvalue weighted by molar-refractivity contribution is -0.118. The zero-order chi connectivity index (χ0) is 26.5. The van der Waals surface area contributed by atoms with Crippen LogP contribution in [-0.4, -0.2) is 30.5 Å². The van der Waals surface area contributed by atoms with Gasteiger partial charge in [0.1, 0.15) is 5.75 Å². The Balaban J connectivity index is 0.